The minimum absolute atomic E-state index is 0.0302. The summed E-state index contributed by atoms with van der Waals surface area (Å²) in [6.45, 7) is 3.44. The van der Waals surface area contributed by atoms with E-state index in [1.165, 1.54) is 31.5 Å². The van der Waals surface area contributed by atoms with Gasteiger partial charge in [0.15, 0.2) is 0 Å². The average Bonchev–Trinajstić information content (AvgIpc) is 3.37. The number of benzene rings is 2. The van der Waals surface area contributed by atoms with Gasteiger partial charge in [-0.3, -0.25) is 19.7 Å². The van der Waals surface area contributed by atoms with Gasteiger partial charge in [-0.15, -0.1) is 0 Å². The Bertz CT molecular complexity index is 1220. The van der Waals surface area contributed by atoms with Gasteiger partial charge in [-0.05, 0) is 29.8 Å². The van der Waals surface area contributed by atoms with E-state index in [2.05, 4.69) is 10.3 Å². The van der Waals surface area contributed by atoms with Crippen molar-refractivity contribution in [2.45, 2.75) is 13.5 Å². The van der Waals surface area contributed by atoms with Crippen LogP contribution >= 0.6 is 0 Å². The minimum Gasteiger partial charge on any atom is -0.362 e. The molecule has 1 saturated heterocycles. The van der Waals surface area contributed by atoms with E-state index in [4.69, 9.17) is 0 Å². The molecule has 0 atom stereocenters. The number of aromatic nitrogens is 2. The summed E-state index contributed by atoms with van der Waals surface area (Å²) >= 11 is 0. The van der Waals surface area contributed by atoms with Crippen LogP contribution in [0.25, 0.3) is 5.69 Å². The fraction of sp³-hybridized carbons (Fsp3) is 0.261. The number of nitro groups is 1. The van der Waals surface area contributed by atoms with Gasteiger partial charge in [0.05, 0.1) is 16.9 Å². The van der Waals surface area contributed by atoms with Crippen molar-refractivity contribution in [2.75, 3.05) is 31.1 Å². The van der Waals surface area contributed by atoms with Gasteiger partial charge in [-0.2, -0.15) is 0 Å². The summed E-state index contributed by atoms with van der Waals surface area (Å²) in [6, 6.07) is 8.91. The monoisotopic (exact) mass is 466 g/mol. The molecule has 2 heterocycles. The molecular weight excluding hydrogens is 443 g/mol. The van der Waals surface area contributed by atoms with Gasteiger partial charge in [-0.1, -0.05) is 6.07 Å². The van der Waals surface area contributed by atoms with E-state index in [-0.39, 0.29) is 23.7 Å². The number of anilines is 1. The molecule has 0 aliphatic carbocycles. The van der Waals surface area contributed by atoms with Gasteiger partial charge in [0.2, 0.25) is 5.91 Å². The van der Waals surface area contributed by atoms with Crippen LogP contribution in [0.15, 0.2) is 55.1 Å². The first-order valence-electron chi connectivity index (χ1n) is 10.7. The summed E-state index contributed by atoms with van der Waals surface area (Å²) in [7, 11) is 0. The highest BCUT2D eigenvalue weighted by Gasteiger charge is 2.26. The summed E-state index contributed by atoms with van der Waals surface area (Å²) < 4.78 is 16.0. The zero-order chi connectivity index (χ0) is 24.2. The maximum absolute atomic E-state index is 14.4. The number of carbonyl (C=O) groups excluding carboxylic acids is 2. The van der Waals surface area contributed by atoms with Gasteiger partial charge >= 0.3 is 0 Å². The maximum Gasteiger partial charge on any atom is 0.293 e. The maximum atomic E-state index is 14.4. The lowest BCUT2D eigenvalue weighted by Crippen LogP contribution is -2.48. The van der Waals surface area contributed by atoms with Crippen molar-refractivity contribution in [3.05, 3.63) is 82.2 Å². The van der Waals surface area contributed by atoms with Crippen molar-refractivity contribution in [1.29, 1.82) is 0 Å². The molecule has 34 heavy (non-hydrogen) atoms. The van der Waals surface area contributed by atoms with Crippen molar-refractivity contribution >= 4 is 23.2 Å². The molecule has 2 amide bonds. The molecule has 2 aromatic carbocycles. The lowest BCUT2D eigenvalue weighted by Gasteiger charge is -2.35. The van der Waals surface area contributed by atoms with Crippen LogP contribution < -0.4 is 10.2 Å². The molecule has 1 fully saturated rings. The zero-order valence-corrected chi connectivity index (χ0v) is 18.5. The third-order valence-electron chi connectivity index (χ3n) is 5.75. The molecular formula is C23H23FN6O4. The number of amides is 2. The fourth-order valence-corrected chi connectivity index (χ4v) is 3.90. The predicted molar refractivity (Wildman–Crippen MR) is 122 cm³/mol. The number of nitrogens with zero attached hydrogens (tertiary/aromatic N) is 5. The average molecular weight is 466 g/mol. The van der Waals surface area contributed by atoms with Crippen LogP contribution in [0.5, 0.6) is 0 Å². The molecule has 11 heteroatoms. The van der Waals surface area contributed by atoms with Crippen LogP contribution in [0.4, 0.5) is 15.8 Å². The molecule has 0 radical (unpaired) electrons. The second-order valence-electron chi connectivity index (χ2n) is 7.89. The highest BCUT2D eigenvalue weighted by Crippen LogP contribution is 2.30. The zero-order valence-electron chi connectivity index (χ0n) is 18.5. The summed E-state index contributed by atoms with van der Waals surface area (Å²) in [5.41, 5.74) is 1.24. The fourth-order valence-electron chi connectivity index (χ4n) is 3.90. The Labute approximate surface area is 194 Å². The van der Waals surface area contributed by atoms with Crippen molar-refractivity contribution < 1.29 is 18.9 Å². The van der Waals surface area contributed by atoms with E-state index < -0.39 is 16.6 Å². The number of halogens is 1. The Morgan fingerprint density at radius 1 is 1.12 bits per heavy atom. The first-order chi connectivity index (χ1) is 16.3. The normalized spacial score (nSPS) is 13.6. The van der Waals surface area contributed by atoms with E-state index in [1.54, 1.807) is 40.1 Å². The Hall–Kier alpha value is -4.28. The summed E-state index contributed by atoms with van der Waals surface area (Å²) in [5, 5.41) is 14.4. The second kappa shape index (κ2) is 9.69. The van der Waals surface area contributed by atoms with Crippen LogP contribution in [0, 0.1) is 15.9 Å². The highest BCUT2D eigenvalue weighted by atomic mass is 19.1. The molecule has 3 aromatic rings. The number of nitro benzene ring substituents is 1. The van der Waals surface area contributed by atoms with Crippen molar-refractivity contribution in [2.24, 2.45) is 0 Å². The molecule has 0 spiro atoms. The smallest absolute Gasteiger partial charge is 0.293 e. The van der Waals surface area contributed by atoms with Gasteiger partial charge < -0.3 is 19.7 Å². The van der Waals surface area contributed by atoms with Gasteiger partial charge in [0, 0.05) is 63.7 Å². The Kier molecular flexibility index (Phi) is 6.53. The molecule has 0 saturated carbocycles. The molecule has 10 nitrogen and oxygen atoms in total. The van der Waals surface area contributed by atoms with Crippen LogP contribution in [-0.2, 0) is 11.3 Å². The number of nitrogens with one attached hydrogen (secondary N) is 1. The quantitative estimate of drug-likeness (QED) is 0.441. The lowest BCUT2D eigenvalue weighted by molar-refractivity contribution is -0.384. The molecule has 0 unspecified atom stereocenters. The van der Waals surface area contributed by atoms with Gasteiger partial charge in [0.1, 0.15) is 11.5 Å². The van der Waals surface area contributed by atoms with Crippen LogP contribution in [0.1, 0.15) is 22.8 Å². The standard InChI is InChI=1S/C23H23FN6O4/c1-16(31)27-8-10-28(11-9-27)21-5-3-18(13-22(21)30(33)34)23(32)26-14-17-2-4-20(19(24)12-17)29-7-6-25-15-29/h2-7,12-13,15H,8-11,14H2,1H3,(H,26,32). The number of rotatable bonds is 6. The molecule has 0 bridgehead atoms. The number of carbonyl (C=O) groups is 2. The third kappa shape index (κ3) is 4.87. The second-order valence-corrected chi connectivity index (χ2v) is 7.89. The van der Waals surface area contributed by atoms with Crippen molar-refractivity contribution in [1.82, 2.24) is 19.8 Å². The van der Waals surface area contributed by atoms with E-state index >= 15 is 0 Å². The van der Waals surface area contributed by atoms with E-state index in [0.717, 1.165) is 0 Å². The Morgan fingerprint density at radius 2 is 1.85 bits per heavy atom. The van der Waals surface area contributed by atoms with Crippen molar-refractivity contribution in [3.8, 4) is 5.69 Å². The van der Waals surface area contributed by atoms with E-state index in [9.17, 15) is 24.1 Å². The van der Waals surface area contributed by atoms with Crippen molar-refractivity contribution in [3.63, 3.8) is 0 Å². The summed E-state index contributed by atoms with van der Waals surface area (Å²) in [4.78, 5) is 42.8. The van der Waals surface area contributed by atoms with Crippen LogP contribution in [-0.4, -0.2) is 57.4 Å². The number of imidazole rings is 1. The SMILES string of the molecule is CC(=O)N1CCN(c2ccc(C(=O)NCc3ccc(-n4ccnc4)c(F)c3)cc2[N+](=O)[O-])CC1. The first kappa shape index (κ1) is 22.9. The lowest BCUT2D eigenvalue weighted by atomic mass is 10.1. The molecule has 1 N–H and O–H groups in total. The third-order valence-corrected chi connectivity index (χ3v) is 5.75. The van der Waals surface area contributed by atoms with E-state index in [1.807, 2.05) is 4.90 Å². The Morgan fingerprint density at radius 3 is 2.47 bits per heavy atom. The van der Waals surface area contributed by atoms with E-state index in [0.29, 0.717) is 43.1 Å². The molecule has 1 aliphatic rings. The summed E-state index contributed by atoms with van der Waals surface area (Å²) in [5.74, 6) is -0.998. The van der Waals surface area contributed by atoms with Gasteiger partial charge in [0.25, 0.3) is 11.6 Å². The molecule has 1 aromatic heterocycles. The number of hydrogen-bond donors (Lipinski definition) is 1. The molecule has 1 aliphatic heterocycles. The minimum atomic E-state index is -0.520. The van der Waals surface area contributed by atoms with Gasteiger partial charge in [-0.25, -0.2) is 9.37 Å². The number of piperazine rings is 1. The topological polar surface area (TPSA) is 114 Å². The first-order valence-corrected chi connectivity index (χ1v) is 10.7. The number of hydrogen-bond acceptors (Lipinski definition) is 6. The molecule has 4 rings (SSSR count). The predicted octanol–water partition coefficient (Wildman–Crippen LogP) is 2.52. The highest BCUT2D eigenvalue weighted by molar-refractivity contribution is 5.95. The largest absolute Gasteiger partial charge is 0.362 e. The van der Waals surface area contributed by atoms with Crippen LogP contribution in [0.3, 0.4) is 0 Å². The van der Waals surface area contributed by atoms with Crippen LogP contribution in [0.2, 0.25) is 0 Å². The summed E-state index contributed by atoms with van der Waals surface area (Å²) in [6.07, 6.45) is 4.66. The molecule has 176 valence electrons. The Balaban J connectivity index is 1.44.